The largest absolute Gasteiger partial charge is 0.480 e. The number of halogens is 2. The molecule has 2 rings (SSSR count). The molecule has 8 heteroatoms. The van der Waals surface area contributed by atoms with E-state index in [0.29, 0.717) is 25.7 Å². The van der Waals surface area contributed by atoms with Gasteiger partial charge in [-0.15, -0.1) is 0 Å². The maximum atomic E-state index is 14.3. The SMILES string of the molecule is CC(C)C[C@H](NC(=O)CNC(=O)C1(c2ccc(F)cc2F)CCCC1)C(=O)O. The Labute approximate surface area is 162 Å². The molecule has 0 spiro atoms. The third kappa shape index (κ3) is 5.05. The number of carboxylic acid groups (broad SMARTS) is 1. The molecule has 154 valence electrons. The summed E-state index contributed by atoms with van der Waals surface area (Å²) in [4.78, 5) is 36.2. The second-order valence-electron chi connectivity index (χ2n) is 7.68. The number of carboxylic acids is 1. The highest BCUT2D eigenvalue weighted by Crippen LogP contribution is 2.42. The number of benzene rings is 1. The van der Waals surface area contributed by atoms with E-state index < -0.39 is 47.4 Å². The van der Waals surface area contributed by atoms with E-state index >= 15 is 0 Å². The molecule has 0 heterocycles. The fourth-order valence-electron chi connectivity index (χ4n) is 3.74. The van der Waals surface area contributed by atoms with Gasteiger partial charge in [-0.25, -0.2) is 13.6 Å². The molecule has 0 unspecified atom stereocenters. The van der Waals surface area contributed by atoms with Gasteiger partial charge in [0.2, 0.25) is 11.8 Å². The van der Waals surface area contributed by atoms with E-state index in [4.69, 9.17) is 0 Å². The van der Waals surface area contributed by atoms with Gasteiger partial charge in [0, 0.05) is 11.6 Å². The number of nitrogens with one attached hydrogen (secondary N) is 2. The fourth-order valence-corrected chi connectivity index (χ4v) is 3.74. The van der Waals surface area contributed by atoms with Crippen LogP contribution in [0.5, 0.6) is 0 Å². The van der Waals surface area contributed by atoms with Crippen LogP contribution in [0, 0.1) is 17.6 Å². The molecule has 6 nitrogen and oxygen atoms in total. The van der Waals surface area contributed by atoms with Gasteiger partial charge in [-0.2, -0.15) is 0 Å². The number of hydrogen-bond acceptors (Lipinski definition) is 3. The third-order valence-electron chi connectivity index (χ3n) is 5.09. The maximum absolute atomic E-state index is 14.3. The van der Waals surface area contributed by atoms with Crippen molar-refractivity contribution in [1.29, 1.82) is 0 Å². The summed E-state index contributed by atoms with van der Waals surface area (Å²) in [6.07, 6.45) is 2.49. The van der Waals surface area contributed by atoms with Crippen LogP contribution >= 0.6 is 0 Å². The molecule has 1 saturated carbocycles. The van der Waals surface area contributed by atoms with Gasteiger partial charge in [-0.3, -0.25) is 9.59 Å². The van der Waals surface area contributed by atoms with E-state index in [-0.39, 0.29) is 17.9 Å². The number of aliphatic carboxylic acids is 1. The van der Waals surface area contributed by atoms with E-state index in [1.807, 2.05) is 13.8 Å². The molecule has 1 aliphatic carbocycles. The molecule has 28 heavy (non-hydrogen) atoms. The molecule has 1 aliphatic rings. The number of rotatable bonds is 8. The molecule has 0 bridgehead atoms. The molecule has 1 atom stereocenters. The van der Waals surface area contributed by atoms with E-state index in [1.165, 1.54) is 6.07 Å². The van der Waals surface area contributed by atoms with Crippen molar-refractivity contribution in [3.63, 3.8) is 0 Å². The quantitative estimate of drug-likeness (QED) is 0.629. The first-order valence-corrected chi connectivity index (χ1v) is 9.41. The first kappa shape index (κ1) is 21.8. The number of carbonyl (C=O) groups is 3. The summed E-state index contributed by atoms with van der Waals surface area (Å²) in [6.45, 7) is 3.27. The second-order valence-corrected chi connectivity index (χ2v) is 7.68. The Morgan fingerprint density at radius 1 is 1.18 bits per heavy atom. The molecule has 0 aliphatic heterocycles. The molecule has 1 aromatic carbocycles. The summed E-state index contributed by atoms with van der Waals surface area (Å²) in [5, 5.41) is 14.1. The van der Waals surface area contributed by atoms with Gasteiger partial charge in [-0.1, -0.05) is 32.8 Å². The Hall–Kier alpha value is -2.51. The minimum absolute atomic E-state index is 0.0687. The molecule has 0 aromatic heterocycles. The lowest BCUT2D eigenvalue weighted by atomic mass is 9.77. The van der Waals surface area contributed by atoms with Gasteiger partial charge in [-0.05, 0) is 31.2 Å². The molecular formula is C20H26F2N2O4. The van der Waals surface area contributed by atoms with Crippen LogP contribution in [0.25, 0.3) is 0 Å². The van der Waals surface area contributed by atoms with Gasteiger partial charge in [0.25, 0.3) is 0 Å². The Balaban J connectivity index is 2.07. The van der Waals surface area contributed by atoms with Crippen LogP contribution in [0.2, 0.25) is 0 Å². The summed E-state index contributed by atoms with van der Waals surface area (Å²) in [7, 11) is 0. The third-order valence-corrected chi connectivity index (χ3v) is 5.09. The van der Waals surface area contributed by atoms with E-state index in [0.717, 1.165) is 12.1 Å². The van der Waals surface area contributed by atoms with Gasteiger partial charge in [0.1, 0.15) is 17.7 Å². The maximum Gasteiger partial charge on any atom is 0.326 e. The first-order valence-electron chi connectivity index (χ1n) is 9.41. The summed E-state index contributed by atoms with van der Waals surface area (Å²) >= 11 is 0. The summed E-state index contributed by atoms with van der Waals surface area (Å²) < 4.78 is 27.6. The zero-order valence-electron chi connectivity index (χ0n) is 16.1. The van der Waals surface area contributed by atoms with Crippen molar-refractivity contribution in [1.82, 2.24) is 10.6 Å². The first-order chi connectivity index (χ1) is 13.2. The van der Waals surface area contributed by atoms with Crippen LogP contribution in [0.3, 0.4) is 0 Å². The Kier molecular flexibility index (Phi) is 7.10. The van der Waals surface area contributed by atoms with Crippen molar-refractivity contribution in [2.45, 2.75) is 57.4 Å². The highest BCUT2D eigenvalue weighted by atomic mass is 19.1. The van der Waals surface area contributed by atoms with Crippen molar-refractivity contribution in [2.75, 3.05) is 6.54 Å². The second kappa shape index (κ2) is 9.12. The van der Waals surface area contributed by atoms with Gasteiger partial charge in [0.05, 0.1) is 12.0 Å². The Morgan fingerprint density at radius 3 is 2.36 bits per heavy atom. The average molecular weight is 396 g/mol. The molecule has 3 N–H and O–H groups in total. The average Bonchev–Trinajstić information content (AvgIpc) is 3.09. The van der Waals surface area contributed by atoms with Crippen molar-refractivity contribution in [2.24, 2.45) is 5.92 Å². The van der Waals surface area contributed by atoms with Crippen LogP contribution in [-0.2, 0) is 19.8 Å². The standard InChI is InChI=1S/C20H26F2N2O4/c1-12(2)9-16(18(26)27)24-17(25)11-23-19(28)20(7-3-4-8-20)14-6-5-13(21)10-15(14)22/h5-6,10,12,16H,3-4,7-9,11H2,1-2H3,(H,23,28)(H,24,25)(H,26,27)/t16-/m0/s1. The van der Waals surface area contributed by atoms with Crippen LogP contribution < -0.4 is 10.6 Å². The molecule has 1 aromatic rings. The molecule has 0 radical (unpaired) electrons. The van der Waals surface area contributed by atoms with Gasteiger partial charge in [0.15, 0.2) is 0 Å². The van der Waals surface area contributed by atoms with Crippen LogP contribution in [-0.4, -0.2) is 35.5 Å². The predicted molar refractivity (Wildman–Crippen MR) is 98.5 cm³/mol. The minimum Gasteiger partial charge on any atom is -0.480 e. The zero-order valence-corrected chi connectivity index (χ0v) is 16.1. The minimum atomic E-state index is -1.15. The van der Waals surface area contributed by atoms with E-state index in [9.17, 15) is 28.3 Å². The predicted octanol–water partition coefficient (Wildman–Crippen LogP) is 2.51. The molecule has 1 fully saturated rings. The number of hydrogen-bond donors (Lipinski definition) is 3. The van der Waals surface area contributed by atoms with Crippen LogP contribution in [0.4, 0.5) is 8.78 Å². The Morgan fingerprint density at radius 2 is 1.82 bits per heavy atom. The molecule has 0 saturated heterocycles. The van der Waals surface area contributed by atoms with E-state index in [1.54, 1.807) is 0 Å². The van der Waals surface area contributed by atoms with Gasteiger partial charge >= 0.3 is 5.97 Å². The summed E-state index contributed by atoms with van der Waals surface area (Å²) in [5.41, 5.74) is -1.03. The molecule has 2 amide bonds. The normalized spacial score (nSPS) is 16.6. The number of amides is 2. The zero-order chi connectivity index (χ0) is 20.9. The summed E-state index contributed by atoms with van der Waals surface area (Å²) in [6, 6.07) is 2.10. The smallest absolute Gasteiger partial charge is 0.326 e. The van der Waals surface area contributed by atoms with Crippen molar-refractivity contribution in [3.05, 3.63) is 35.4 Å². The van der Waals surface area contributed by atoms with E-state index in [2.05, 4.69) is 10.6 Å². The lowest BCUT2D eigenvalue weighted by molar-refractivity contribution is -0.142. The lowest BCUT2D eigenvalue weighted by Crippen LogP contribution is -2.49. The molecular weight excluding hydrogens is 370 g/mol. The number of carbonyl (C=O) groups excluding carboxylic acids is 2. The van der Waals surface area contributed by atoms with Gasteiger partial charge < -0.3 is 15.7 Å². The van der Waals surface area contributed by atoms with Crippen molar-refractivity contribution >= 4 is 17.8 Å². The highest BCUT2D eigenvalue weighted by molar-refractivity contribution is 5.92. The summed E-state index contributed by atoms with van der Waals surface area (Å²) in [5.74, 6) is -3.73. The Bertz CT molecular complexity index is 746. The van der Waals surface area contributed by atoms with Crippen LogP contribution in [0.15, 0.2) is 18.2 Å². The highest BCUT2D eigenvalue weighted by Gasteiger charge is 2.44. The lowest BCUT2D eigenvalue weighted by Gasteiger charge is -2.28. The van der Waals surface area contributed by atoms with Crippen molar-refractivity contribution in [3.8, 4) is 0 Å². The fraction of sp³-hybridized carbons (Fsp3) is 0.550. The van der Waals surface area contributed by atoms with Crippen LogP contribution in [0.1, 0.15) is 51.5 Å². The van der Waals surface area contributed by atoms with Crippen molar-refractivity contribution < 1.29 is 28.3 Å². The topological polar surface area (TPSA) is 95.5 Å². The monoisotopic (exact) mass is 396 g/mol.